The van der Waals surface area contributed by atoms with Crippen LogP contribution in [0.25, 0.3) is 0 Å². The molecule has 76 valence electrons. The van der Waals surface area contributed by atoms with E-state index in [1.807, 2.05) is 0 Å². The molecule has 1 aliphatic carbocycles. The van der Waals surface area contributed by atoms with Crippen molar-refractivity contribution in [3.63, 3.8) is 0 Å². The van der Waals surface area contributed by atoms with E-state index in [0.29, 0.717) is 12.3 Å². The highest BCUT2D eigenvalue weighted by Crippen LogP contribution is 2.41. The molecule has 1 saturated carbocycles. The number of hydrogen-bond donors (Lipinski definition) is 1. The molecule has 0 spiro atoms. The summed E-state index contributed by atoms with van der Waals surface area (Å²) in [5.41, 5.74) is -0.187. The van der Waals surface area contributed by atoms with Gasteiger partial charge in [-0.1, -0.05) is 26.2 Å². The smallest absolute Gasteiger partial charge is 0.126 e. The Hall–Kier alpha value is -0.370. The molecule has 0 saturated heterocycles. The third-order valence-electron chi connectivity index (χ3n) is 3.42. The number of aldehydes is 1. The molecule has 2 atom stereocenters. The van der Waals surface area contributed by atoms with E-state index in [4.69, 9.17) is 5.11 Å². The topological polar surface area (TPSA) is 37.3 Å². The quantitative estimate of drug-likeness (QED) is 0.680. The van der Waals surface area contributed by atoms with Crippen LogP contribution in [-0.4, -0.2) is 18.0 Å². The molecule has 13 heavy (non-hydrogen) atoms. The van der Waals surface area contributed by atoms with Gasteiger partial charge < -0.3 is 9.90 Å². The molecule has 0 radical (unpaired) electrons. The molecule has 2 unspecified atom stereocenters. The first-order valence-corrected chi connectivity index (χ1v) is 5.33. The van der Waals surface area contributed by atoms with Crippen LogP contribution in [0.2, 0.25) is 0 Å². The van der Waals surface area contributed by atoms with Crippen molar-refractivity contribution in [1.82, 2.24) is 0 Å². The number of hydrogen-bond acceptors (Lipinski definition) is 2. The summed E-state index contributed by atoms with van der Waals surface area (Å²) in [6.07, 6.45) is 7.30. The molecule has 0 aliphatic heterocycles. The van der Waals surface area contributed by atoms with Crippen molar-refractivity contribution in [3.8, 4) is 0 Å². The summed E-state index contributed by atoms with van der Waals surface area (Å²) in [6.45, 7) is 2.33. The summed E-state index contributed by atoms with van der Waals surface area (Å²) in [5, 5.41) is 8.91. The molecule has 0 amide bonds. The Bertz CT molecular complexity index is 163. The van der Waals surface area contributed by atoms with Crippen LogP contribution >= 0.6 is 0 Å². The van der Waals surface area contributed by atoms with E-state index < -0.39 is 0 Å². The Kier molecular flexibility index (Phi) is 3.91. The predicted octanol–water partition coefficient (Wildman–Crippen LogP) is 2.15. The molecule has 1 rings (SSSR count). The molecule has 0 aromatic carbocycles. The molecule has 2 nitrogen and oxygen atoms in total. The van der Waals surface area contributed by atoms with Crippen LogP contribution < -0.4 is 0 Å². The lowest BCUT2D eigenvalue weighted by molar-refractivity contribution is -0.119. The van der Waals surface area contributed by atoms with Crippen molar-refractivity contribution in [2.45, 2.75) is 45.4 Å². The van der Waals surface area contributed by atoms with Crippen LogP contribution in [0.1, 0.15) is 45.4 Å². The highest BCUT2D eigenvalue weighted by molar-refractivity contribution is 5.59. The minimum absolute atomic E-state index is 0.148. The van der Waals surface area contributed by atoms with Crippen molar-refractivity contribution >= 4 is 6.29 Å². The van der Waals surface area contributed by atoms with Gasteiger partial charge in [-0.05, 0) is 25.2 Å². The summed E-state index contributed by atoms with van der Waals surface area (Å²) >= 11 is 0. The van der Waals surface area contributed by atoms with Gasteiger partial charge in [0.05, 0.1) is 0 Å². The summed E-state index contributed by atoms with van der Waals surface area (Å²) in [4.78, 5) is 11.0. The fourth-order valence-corrected chi connectivity index (χ4v) is 2.49. The highest BCUT2D eigenvalue weighted by Gasteiger charge is 2.34. The molecule has 1 aliphatic rings. The van der Waals surface area contributed by atoms with Crippen molar-refractivity contribution in [3.05, 3.63) is 0 Å². The van der Waals surface area contributed by atoms with Gasteiger partial charge in [-0.15, -0.1) is 0 Å². The van der Waals surface area contributed by atoms with E-state index in [1.165, 1.54) is 12.8 Å². The highest BCUT2D eigenvalue weighted by atomic mass is 16.3. The van der Waals surface area contributed by atoms with E-state index in [1.54, 1.807) is 0 Å². The van der Waals surface area contributed by atoms with Gasteiger partial charge in [0.25, 0.3) is 0 Å². The molecular formula is C11H20O2. The summed E-state index contributed by atoms with van der Waals surface area (Å²) in [6, 6.07) is 0. The molecule has 0 bridgehead atoms. The SMILES string of the molecule is CCC1CCCC(C=O)(CCO)C1. The van der Waals surface area contributed by atoms with Gasteiger partial charge >= 0.3 is 0 Å². The van der Waals surface area contributed by atoms with Gasteiger partial charge in [0.15, 0.2) is 0 Å². The fourth-order valence-electron chi connectivity index (χ4n) is 2.49. The molecule has 0 aromatic rings. The molecule has 2 heteroatoms. The third-order valence-corrected chi connectivity index (χ3v) is 3.42. The molecule has 0 aromatic heterocycles. The van der Waals surface area contributed by atoms with Gasteiger partial charge in [-0.2, -0.15) is 0 Å². The maximum absolute atomic E-state index is 11.0. The molecule has 0 heterocycles. The number of aliphatic hydroxyl groups is 1. The standard InChI is InChI=1S/C11H20O2/c1-2-10-4-3-5-11(8-10,9-13)6-7-12/h9-10,12H,2-8H2,1H3. The van der Waals surface area contributed by atoms with Gasteiger partial charge in [0, 0.05) is 12.0 Å². The number of carbonyl (C=O) groups is 1. The Balaban J connectivity index is 2.58. The van der Waals surface area contributed by atoms with E-state index in [0.717, 1.165) is 25.5 Å². The lowest BCUT2D eigenvalue weighted by Crippen LogP contribution is -2.31. The van der Waals surface area contributed by atoms with Crippen molar-refractivity contribution < 1.29 is 9.90 Å². The normalized spacial score (nSPS) is 34.5. The first-order chi connectivity index (χ1) is 6.26. The Morgan fingerprint density at radius 3 is 2.92 bits per heavy atom. The van der Waals surface area contributed by atoms with Gasteiger partial charge in [0.2, 0.25) is 0 Å². The molecular weight excluding hydrogens is 164 g/mol. The second-order valence-electron chi connectivity index (χ2n) is 4.32. The summed E-state index contributed by atoms with van der Waals surface area (Å²) in [5.74, 6) is 0.700. The van der Waals surface area contributed by atoms with Crippen LogP contribution in [0.5, 0.6) is 0 Å². The minimum Gasteiger partial charge on any atom is -0.396 e. The minimum atomic E-state index is -0.187. The van der Waals surface area contributed by atoms with Crippen LogP contribution in [0.15, 0.2) is 0 Å². The third kappa shape index (κ3) is 2.53. The van der Waals surface area contributed by atoms with E-state index >= 15 is 0 Å². The maximum atomic E-state index is 11.0. The van der Waals surface area contributed by atoms with Gasteiger partial charge in [-0.3, -0.25) is 0 Å². The van der Waals surface area contributed by atoms with Crippen LogP contribution in [-0.2, 0) is 4.79 Å². The first-order valence-electron chi connectivity index (χ1n) is 5.33. The Morgan fingerprint density at radius 1 is 1.62 bits per heavy atom. The van der Waals surface area contributed by atoms with Gasteiger partial charge in [0.1, 0.15) is 6.29 Å². The zero-order valence-corrected chi connectivity index (χ0v) is 8.46. The monoisotopic (exact) mass is 184 g/mol. The van der Waals surface area contributed by atoms with Crippen LogP contribution in [0, 0.1) is 11.3 Å². The average molecular weight is 184 g/mol. The summed E-state index contributed by atoms with van der Waals surface area (Å²) in [7, 11) is 0. The Morgan fingerprint density at radius 2 is 2.38 bits per heavy atom. The zero-order valence-electron chi connectivity index (χ0n) is 8.46. The van der Waals surface area contributed by atoms with Crippen molar-refractivity contribution in [2.75, 3.05) is 6.61 Å². The van der Waals surface area contributed by atoms with Crippen molar-refractivity contribution in [1.29, 1.82) is 0 Å². The number of rotatable bonds is 4. The molecule has 1 fully saturated rings. The average Bonchev–Trinajstić information content (AvgIpc) is 2.19. The lowest BCUT2D eigenvalue weighted by Gasteiger charge is -2.36. The van der Waals surface area contributed by atoms with E-state index in [-0.39, 0.29) is 12.0 Å². The van der Waals surface area contributed by atoms with Crippen LogP contribution in [0.3, 0.4) is 0 Å². The lowest BCUT2D eigenvalue weighted by atomic mass is 9.68. The molecule has 1 N–H and O–H groups in total. The number of carbonyl (C=O) groups excluding carboxylic acids is 1. The fraction of sp³-hybridized carbons (Fsp3) is 0.909. The number of aliphatic hydroxyl groups excluding tert-OH is 1. The maximum Gasteiger partial charge on any atom is 0.126 e. The zero-order chi connectivity index (χ0) is 9.73. The Labute approximate surface area is 80.3 Å². The van der Waals surface area contributed by atoms with Gasteiger partial charge in [-0.25, -0.2) is 0 Å². The van der Waals surface area contributed by atoms with Crippen LogP contribution in [0.4, 0.5) is 0 Å². The largest absolute Gasteiger partial charge is 0.396 e. The van der Waals surface area contributed by atoms with E-state index in [9.17, 15) is 4.79 Å². The second-order valence-corrected chi connectivity index (χ2v) is 4.32. The predicted molar refractivity (Wildman–Crippen MR) is 52.4 cm³/mol. The first kappa shape index (κ1) is 10.7. The van der Waals surface area contributed by atoms with E-state index in [2.05, 4.69) is 6.92 Å². The summed E-state index contributed by atoms with van der Waals surface area (Å²) < 4.78 is 0. The van der Waals surface area contributed by atoms with Crippen molar-refractivity contribution in [2.24, 2.45) is 11.3 Å². The second kappa shape index (κ2) is 4.75.